The molecule has 0 unspecified atom stereocenters. The monoisotopic (exact) mass is 218 g/mol. The fourth-order valence-corrected chi connectivity index (χ4v) is 2.83. The first-order chi connectivity index (χ1) is 7.70. The molecule has 16 heavy (non-hydrogen) atoms. The van der Waals surface area contributed by atoms with E-state index in [1.165, 1.54) is 36.9 Å². The number of nitrogens with two attached hydrogens (primary N) is 1. The summed E-state index contributed by atoms with van der Waals surface area (Å²) in [5.41, 5.74) is 9.36. The summed E-state index contributed by atoms with van der Waals surface area (Å²) in [6.07, 6.45) is 5.42. The summed E-state index contributed by atoms with van der Waals surface area (Å²) in [6, 6.07) is 7.12. The Hall–Kier alpha value is -1.18. The number of rotatable bonds is 3. The molecule has 88 valence electrons. The maximum atomic E-state index is 5.92. The Labute approximate surface area is 98.4 Å². The summed E-state index contributed by atoms with van der Waals surface area (Å²) in [7, 11) is 0. The first-order valence-electron chi connectivity index (χ1n) is 6.34. The first-order valence-corrected chi connectivity index (χ1v) is 6.34. The molecular weight excluding hydrogens is 196 g/mol. The van der Waals surface area contributed by atoms with Gasteiger partial charge in [-0.15, -0.1) is 0 Å². The van der Waals surface area contributed by atoms with Crippen molar-refractivity contribution in [2.75, 3.05) is 17.2 Å². The van der Waals surface area contributed by atoms with Gasteiger partial charge in [0, 0.05) is 24.0 Å². The molecule has 0 aliphatic heterocycles. The van der Waals surface area contributed by atoms with Crippen molar-refractivity contribution in [3.05, 3.63) is 23.8 Å². The summed E-state index contributed by atoms with van der Waals surface area (Å²) in [6.45, 7) is 5.42. The minimum absolute atomic E-state index is 0.728. The van der Waals surface area contributed by atoms with E-state index in [0.29, 0.717) is 0 Å². The average molecular weight is 218 g/mol. The number of benzene rings is 1. The van der Waals surface area contributed by atoms with Crippen molar-refractivity contribution < 1.29 is 0 Å². The number of nitrogen functional groups attached to an aromatic ring is 1. The van der Waals surface area contributed by atoms with Gasteiger partial charge in [-0.2, -0.15) is 0 Å². The van der Waals surface area contributed by atoms with Crippen LogP contribution in [0.25, 0.3) is 0 Å². The van der Waals surface area contributed by atoms with Gasteiger partial charge in [0.05, 0.1) is 0 Å². The molecule has 2 rings (SSSR count). The van der Waals surface area contributed by atoms with Gasteiger partial charge in [-0.1, -0.05) is 12.8 Å². The molecule has 1 aromatic carbocycles. The SMILES string of the molecule is CCN(c1cc(C)cc(N)c1)C1CCCC1. The Bertz CT molecular complexity index is 334. The molecule has 0 heterocycles. The predicted octanol–water partition coefficient (Wildman–Crippen LogP) is 3.35. The van der Waals surface area contributed by atoms with E-state index in [4.69, 9.17) is 5.73 Å². The zero-order valence-corrected chi connectivity index (χ0v) is 10.4. The Kier molecular flexibility index (Phi) is 3.37. The number of hydrogen-bond donors (Lipinski definition) is 1. The van der Waals surface area contributed by atoms with Crippen LogP contribution in [0.1, 0.15) is 38.2 Å². The predicted molar refractivity (Wildman–Crippen MR) is 70.9 cm³/mol. The van der Waals surface area contributed by atoms with Crippen LogP contribution < -0.4 is 10.6 Å². The quantitative estimate of drug-likeness (QED) is 0.788. The molecule has 1 aromatic rings. The molecule has 2 nitrogen and oxygen atoms in total. The second-order valence-electron chi connectivity index (χ2n) is 4.83. The molecular formula is C14H22N2. The van der Waals surface area contributed by atoms with Gasteiger partial charge >= 0.3 is 0 Å². The van der Waals surface area contributed by atoms with Crippen molar-refractivity contribution >= 4 is 11.4 Å². The lowest BCUT2D eigenvalue weighted by molar-refractivity contribution is 0.620. The second kappa shape index (κ2) is 4.77. The lowest BCUT2D eigenvalue weighted by atomic mass is 10.1. The zero-order chi connectivity index (χ0) is 11.5. The molecule has 1 saturated carbocycles. The number of aryl methyl sites for hydroxylation is 1. The summed E-state index contributed by atoms with van der Waals surface area (Å²) < 4.78 is 0. The van der Waals surface area contributed by atoms with Gasteiger partial charge in [0.2, 0.25) is 0 Å². The van der Waals surface area contributed by atoms with Crippen LogP contribution in [0.3, 0.4) is 0 Å². The van der Waals surface area contributed by atoms with E-state index in [-0.39, 0.29) is 0 Å². The Morgan fingerprint density at radius 2 is 1.94 bits per heavy atom. The fraction of sp³-hybridized carbons (Fsp3) is 0.571. The van der Waals surface area contributed by atoms with Crippen LogP contribution in [0.5, 0.6) is 0 Å². The third-order valence-electron chi connectivity index (χ3n) is 3.52. The largest absolute Gasteiger partial charge is 0.399 e. The normalized spacial score (nSPS) is 16.6. The van der Waals surface area contributed by atoms with Crippen molar-refractivity contribution in [2.45, 2.75) is 45.6 Å². The van der Waals surface area contributed by atoms with E-state index in [2.05, 4.69) is 30.9 Å². The lowest BCUT2D eigenvalue weighted by Gasteiger charge is -2.30. The molecule has 1 aliphatic rings. The highest BCUT2D eigenvalue weighted by molar-refractivity contribution is 5.58. The van der Waals surface area contributed by atoms with E-state index in [1.54, 1.807) is 0 Å². The van der Waals surface area contributed by atoms with Gasteiger partial charge in [-0.05, 0) is 50.5 Å². The lowest BCUT2D eigenvalue weighted by Crippen LogP contribution is -2.33. The molecule has 0 spiro atoms. The van der Waals surface area contributed by atoms with Gasteiger partial charge in [-0.3, -0.25) is 0 Å². The minimum atomic E-state index is 0.728. The molecule has 0 amide bonds. The number of anilines is 2. The van der Waals surface area contributed by atoms with Crippen LogP contribution in [0, 0.1) is 6.92 Å². The van der Waals surface area contributed by atoms with Crippen LogP contribution in [0.15, 0.2) is 18.2 Å². The third kappa shape index (κ3) is 2.31. The van der Waals surface area contributed by atoms with E-state index in [1.807, 2.05) is 6.07 Å². The van der Waals surface area contributed by atoms with E-state index in [0.717, 1.165) is 18.3 Å². The van der Waals surface area contributed by atoms with Crippen LogP contribution in [0.2, 0.25) is 0 Å². The molecule has 1 aliphatic carbocycles. The molecule has 0 aromatic heterocycles. The van der Waals surface area contributed by atoms with Crippen molar-refractivity contribution in [3.63, 3.8) is 0 Å². The van der Waals surface area contributed by atoms with E-state index < -0.39 is 0 Å². The minimum Gasteiger partial charge on any atom is -0.399 e. The average Bonchev–Trinajstić information content (AvgIpc) is 2.70. The summed E-state index contributed by atoms with van der Waals surface area (Å²) in [5, 5.41) is 0. The van der Waals surface area contributed by atoms with Crippen LogP contribution >= 0.6 is 0 Å². The Balaban J connectivity index is 2.24. The van der Waals surface area contributed by atoms with Crippen molar-refractivity contribution in [1.82, 2.24) is 0 Å². The van der Waals surface area contributed by atoms with Gasteiger partial charge in [0.15, 0.2) is 0 Å². The maximum Gasteiger partial charge on any atom is 0.0391 e. The van der Waals surface area contributed by atoms with Crippen molar-refractivity contribution in [1.29, 1.82) is 0 Å². The van der Waals surface area contributed by atoms with Crippen molar-refractivity contribution in [3.8, 4) is 0 Å². The first kappa shape index (κ1) is 11.3. The van der Waals surface area contributed by atoms with Gasteiger partial charge in [0.25, 0.3) is 0 Å². The van der Waals surface area contributed by atoms with Crippen LogP contribution in [-0.4, -0.2) is 12.6 Å². The standard InChI is InChI=1S/C14H22N2/c1-3-16(13-6-4-5-7-13)14-9-11(2)8-12(15)10-14/h8-10,13H,3-7,15H2,1-2H3. The van der Waals surface area contributed by atoms with E-state index >= 15 is 0 Å². The maximum absolute atomic E-state index is 5.92. The zero-order valence-electron chi connectivity index (χ0n) is 10.4. The molecule has 0 atom stereocenters. The number of nitrogens with zero attached hydrogens (tertiary/aromatic N) is 1. The Morgan fingerprint density at radius 3 is 2.50 bits per heavy atom. The smallest absolute Gasteiger partial charge is 0.0391 e. The highest BCUT2D eigenvalue weighted by Crippen LogP contribution is 2.29. The van der Waals surface area contributed by atoms with Gasteiger partial charge in [0.1, 0.15) is 0 Å². The summed E-state index contributed by atoms with van der Waals surface area (Å²) >= 11 is 0. The second-order valence-corrected chi connectivity index (χ2v) is 4.83. The molecule has 2 N–H and O–H groups in total. The highest BCUT2D eigenvalue weighted by atomic mass is 15.2. The third-order valence-corrected chi connectivity index (χ3v) is 3.52. The van der Waals surface area contributed by atoms with Gasteiger partial charge < -0.3 is 10.6 Å². The molecule has 2 heteroatoms. The molecule has 0 saturated heterocycles. The molecule has 1 fully saturated rings. The summed E-state index contributed by atoms with van der Waals surface area (Å²) in [5.74, 6) is 0. The van der Waals surface area contributed by atoms with Crippen LogP contribution in [0.4, 0.5) is 11.4 Å². The van der Waals surface area contributed by atoms with Crippen molar-refractivity contribution in [2.24, 2.45) is 0 Å². The molecule has 0 bridgehead atoms. The number of hydrogen-bond acceptors (Lipinski definition) is 2. The van der Waals surface area contributed by atoms with Crippen LogP contribution in [-0.2, 0) is 0 Å². The van der Waals surface area contributed by atoms with E-state index in [9.17, 15) is 0 Å². The highest BCUT2D eigenvalue weighted by Gasteiger charge is 2.21. The molecule has 0 radical (unpaired) electrons. The van der Waals surface area contributed by atoms with Gasteiger partial charge in [-0.25, -0.2) is 0 Å². The fourth-order valence-electron chi connectivity index (χ4n) is 2.83. The topological polar surface area (TPSA) is 29.3 Å². The Morgan fingerprint density at radius 1 is 1.25 bits per heavy atom. The summed E-state index contributed by atoms with van der Waals surface area (Å²) in [4.78, 5) is 2.51.